The Morgan fingerprint density at radius 1 is 1.27 bits per heavy atom. The summed E-state index contributed by atoms with van der Waals surface area (Å²) in [6, 6.07) is 6.94. The number of amides is 1. The first-order valence-electron chi connectivity index (χ1n) is 6.88. The molecule has 0 fully saturated rings. The summed E-state index contributed by atoms with van der Waals surface area (Å²) >= 11 is 0. The molecule has 0 aliphatic heterocycles. The van der Waals surface area contributed by atoms with Gasteiger partial charge in [0.25, 0.3) is 5.56 Å². The summed E-state index contributed by atoms with van der Waals surface area (Å²) in [5.74, 6) is -1.39. The second-order valence-electron chi connectivity index (χ2n) is 4.90. The van der Waals surface area contributed by atoms with Gasteiger partial charge in [-0.2, -0.15) is 5.10 Å². The highest BCUT2D eigenvalue weighted by atomic mass is 16.4. The Hall–Kier alpha value is -2.70. The van der Waals surface area contributed by atoms with Crippen molar-refractivity contribution in [2.24, 2.45) is 7.05 Å². The maximum Gasteiger partial charge on any atom is 0.323 e. The van der Waals surface area contributed by atoms with Crippen molar-refractivity contribution >= 4 is 22.6 Å². The van der Waals surface area contributed by atoms with Gasteiger partial charge in [0.05, 0.1) is 17.5 Å². The molecule has 1 aromatic carbocycles. The Labute approximate surface area is 126 Å². The van der Waals surface area contributed by atoms with E-state index in [0.29, 0.717) is 23.0 Å². The number of carbonyl (C=O) groups is 2. The van der Waals surface area contributed by atoms with E-state index in [9.17, 15) is 14.4 Å². The second-order valence-corrected chi connectivity index (χ2v) is 4.90. The van der Waals surface area contributed by atoms with Crippen LogP contribution >= 0.6 is 0 Å². The molecule has 2 rings (SSSR count). The number of hydrogen-bond donors (Lipinski definition) is 1. The predicted molar refractivity (Wildman–Crippen MR) is 80.6 cm³/mol. The van der Waals surface area contributed by atoms with Gasteiger partial charge in [-0.3, -0.25) is 14.4 Å². The molecule has 7 nitrogen and oxygen atoms in total. The number of rotatable bonds is 5. The molecular weight excluding hydrogens is 286 g/mol. The first kappa shape index (κ1) is 15.7. The van der Waals surface area contributed by atoms with Crippen LogP contribution in [0.1, 0.15) is 12.6 Å². The maximum absolute atomic E-state index is 12.3. The zero-order valence-corrected chi connectivity index (χ0v) is 12.4. The van der Waals surface area contributed by atoms with Gasteiger partial charge in [-0.1, -0.05) is 18.2 Å². The number of carboxylic acids is 1. The molecule has 1 aromatic heterocycles. The number of aryl methyl sites for hydroxylation is 1. The molecule has 7 heteroatoms. The molecule has 1 heterocycles. The third kappa shape index (κ3) is 3.13. The van der Waals surface area contributed by atoms with Crippen molar-refractivity contribution < 1.29 is 14.7 Å². The molecule has 0 bridgehead atoms. The zero-order valence-electron chi connectivity index (χ0n) is 12.4. The molecule has 0 radical (unpaired) electrons. The highest BCUT2D eigenvalue weighted by Gasteiger charge is 2.18. The number of hydrogen-bond acceptors (Lipinski definition) is 4. The van der Waals surface area contributed by atoms with E-state index in [1.165, 1.54) is 16.6 Å². The Morgan fingerprint density at radius 3 is 2.50 bits per heavy atom. The van der Waals surface area contributed by atoms with Gasteiger partial charge in [0, 0.05) is 19.0 Å². The second kappa shape index (κ2) is 6.38. The SMILES string of the molecule is CCN(CC(=O)O)C(=O)Cc1nn(C)c(=O)c2ccccc12. The minimum Gasteiger partial charge on any atom is -0.480 e. The summed E-state index contributed by atoms with van der Waals surface area (Å²) in [6.45, 7) is 1.67. The zero-order chi connectivity index (χ0) is 16.3. The van der Waals surface area contributed by atoms with Gasteiger partial charge in [-0.25, -0.2) is 4.68 Å². The lowest BCUT2D eigenvalue weighted by molar-refractivity contribution is -0.144. The quantitative estimate of drug-likeness (QED) is 0.863. The normalized spacial score (nSPS) is 10.6. The first-order chi connectivity index (χ1) is 10.4. The van der Waals surface area contributed by atoms with Crippen molar-refractivity contribution in [3.63, 3.8) is 0 Å². The van der Waals surface area contributed by atoms with E-state index in [0.717, 1.165) is 0 Å². The van der Waals surface area contributed by atoms with Crippen molar-refractivity contribution in [3.05, 3.63) is 40.3 Å². The molecule has 0 saturated carbocycles. The maximum atomic E-state index is 12.3. The summed E-state index contributed by atoms with van der Waals surface area (Å²) in [4.78, 5) is 36.3. The van der Waals surface area contributed by atoms with E-state index in [-0.39, 0.29) is 24.4 Å². The Balaban J connectivity index is 2.39. The fourth-order valence-corrected chi connectivity index (χ4v) is 2.30. The number of likely N-dealkylation sites (N-methyl/N-ethyl adjacent to an activating group) is 1. The molecule has 0 atom stereocenters. The van der Waals surface area contributed by atoms with Gasteiger partial charge in [-0.05, 0) is 13.0 Å². The average molecular weight is 303 g/mol. The van der Waals surface area contributed by atoms with Crippen LogP contribution in [0.5, 0.6) is 0 Å². The van der Waals surface area contributed by atoms with Crippen LogP contribution in [0.2, 0.25) is 0 Å². The van der Waals surface area contributed by atoms with Gasteiger partial charge in [-0.15, -0.1) is 0 Å². The highest BCUT2D eigenvalue weighted by molar-refractivity contribution is 5.89. The van der Waals surface area contributed by atoms with Crippen LogP contribution < -0.4 is 5.56 Å². The smallest absolute Gasteiger partial charge is 0.323 e. The fourth-order valence-electron chi connectivity index (χ4n) is 2.30. The fraction of sp³-hybridized carbons (Fsp3) is 0.333. The third-order valence-corrected chi connectivity index (χ3v) is 3.41. The molecule has 0 spiro atoms. The lowest BCUT2D eigenvalue weighted by atomic mass is 10.1. The van der Waals surface area contributed by atoms with Gasteiger partial charge < -0.3 is 10.0 Å². The molecular formula is C15H17N3O4. The number of nitrogens with zero attached hydrogens (tertiary/aromatic N) is 3. The molecule has 1 amide bonds. The first-order valence-corrected chi connectivity index (χ1v) is 6.88. The van der Waals surface area contributed by atoms with E-state index >= 15 is 0 Å². The summed E-state index contributed by atoms with van der Waals surface area (Å²) in [7, 11) is 1.53. The summed E-state index contributed by atoms with van der Waals surface area (Å²) in [5.41, 5.74) is 0.233. The number of fused-ring (bicyclic) bond motifs is 1. The summed E-state index contributed by atoms with van der Waals surface area (Å²) in [5, 5.41) is 14.1. The molecule has 2 aromatic rings. The van der Waals surface area contributed by atoms with Crippen LogP contribution in [0.3, 0.4) is 0 Å². The van der Waals surface area contributed by atoms with E-state index in [1.54, 1.807) is 31.2 Å². The van der Waals surface area contributed by atoms with E-state index in [2.05, 4.69) is 5.10 Å². The van der Waals surface area contributed by atoms with Crippen LogP contribution in [0, 0.1) is 0 Å². The van der Waals surface area contributed by atoms with Crippen LogP contribution in [0.25, 0.3) is 10.8 Å². The topological polar surface area (TPSA) is 92.5 Å². The highest BCUT2D eigenvalue weighted by Crippen LogP contribution is 2.14. The van der Waals surface area contributed by atoms with Crippen molar-refractivity contribution in [1.82, 2.24) is 14.7 Å². The number of carbonyl (C=O) groups excluding carboxylic acids is 1. The van der Waals surface area contributed by atoms with Gasteiger partial charge >= 0.3 is 5.97 Å². The van der Waals surface area contributed by atoms with E-state index in [4.69, 9.17) is 5.11 Å². The minimum absolute atomic E-state index is 0.0459. The van der Waals surface area contributed by atoms with Gasteiger partial charge in [0.15, 0.2) is 0 Å². The minimum atomic E-state index is -1.06. The van der Waals surface area contributed by atoms with Crippen LogP contribution in [0.4, 0.5) is 0 Å². The molecule has 22 heavy (non-hydrogen) atoms. The lowest BCUT2D eigenvalue weighted by Crippen LogP contribution is -2.37. The molecule has 116 valence electrons. The standard InChI is InChI=1S/C15H17N3O4/c1-3-18(9-14(20)21)13(19)8-12-10-6-4-5-7-11(10)15(22)17(2)16-12/h4-7H,3,8-9H2,1-2H3,(H,20,21). The monoisotopic (exact) mass is 303 g/mol. The predicted octanol–water partition coefficient (Wildman–Crippen LogP) is 0.409. The average Bonchev–Trinajstić information content (AvgIpc) is 2.49. The van der Waals surface area contributed by atoms with Crippen LogP contribution in [-0.4, -0.2) is 44.8 Å². The Bertz CT molecular complexity index is 782. The van der Waals surface area contributed by atoms with Crippen molar-refractivity contribution in [2.75, 3.05) is 13.1 Å². The van der Waals surface area contributed by atoms with Crippen molar-refractivity contribution in [1.29, 1.82) is 0 Å². The Kier molecular flexibility index (Phi) is 4.55. The molecule has 0 aliphatic rings. The van der Waals surface area contributed by atoms with E-state index < -0.39 is 5.97 Å². The lowest BCUT2D eigenvalue weighted by Gasteiger charge is -2.18. The summed E-state index contributed by atoms with van der Waals surface area (Å²) in [6.07, 6.45) is -0.0459. The molecule has 0 aliphatic carbocycles. The van der Waals surface area contributed by atoms with Gasteiger partial charge in [0.2, 0.25) is 5.91 Å². The Morgan fingerprint density at radius 2 is 1.91 bits per heavy atom. The van der Waals surface area contributed by atoms with Crippen LogP contribution in [-0.2, 0) is 23.1 Å². The third-order valence-electron chi connectivity index (χ3n) is 3.41. The van der Waals surface area contributed by atoms with Gasteiger partial charge in [0.1, 0.15) is 6.54 Å². The number of aliphatic carboxylic acids is 1. The van der Waals surface area contributed by atoms with E-state index in [1.807, 2.05) is 0 Å². The van der Waals surface area contributed by atoms with Crippen molar-refractivity contribution in [2.45, 2.75) is 13.3 Å². The summed E-state index contributed by atoms with van der Waals surface area (Å²) < 4.78 is 1.19. The molecule has 0 saturated heterocycles. The molecule has 0 unspecified atom stereocenters. The van der Waals surface area contributed by atoms with Crippen molar-refractivity contribution in [3.8, 4) is 0 Å². The number of aromatic nitrogens is 2. The molecule has 1 N–H and O–H groups in total. The largest absolute Gasteiger partial charge is 0.480 e. The number of benzene rings is 1. The van der Waals surface area contributed by atoms with Crippen LogP contribution in [0.15, 0.2) is 29.1 Å². The number of carboxylic acid groups (broad SMARTS) is 1.